The van der Waals surface area contributed by atoms with Gasteiger partial charge in [-0.1, -0.05) is 41.1 Å². The number of benzene rings is 3. The van der Waals surface area contributed by atoms with Gasteiger partial charge in [0.25, 0.3) is 11.8 Å². The number of amides is 3. The molecule has 0 fully saturated rings. The quantitative estimate of drug-likeness (QED) is 0.133. The van der Waals surface area contributed by atoms with Gasteiger partial charge in [-0.05, 0) is 73.2 Å². The molecule has 2 atom stereocenters. The van der Waals surface area contributed by atoms with E-state index in [0.717, 1.165) is 11.1 Å². The number of halogens is 2. The second-order valence-corrected chi connectivity index (χ2v) is 9.29. The molecule has 6 N–H and O–H groups in total. The van der Waals surface area contributed by atoms with Crippen molar-refractivity contribution in [3.05, 3.63) is 99.0 Å². The zero-order valence-corrected chi connectivity index (χ0v) is 22.3. The van der Waals surface area contributed by atoms with Crippen molar-refractivity contribution in [2.45, 2.75) is 25.6 Å². The topological polar surface area (TPSA) is 140 Å². The first-order valence-electron chi connectivity index (χ1n) is 11.8. The molecule has 0 aromatic heterocycles. The van der Waals surface area contributed by atoms with Gasteiger partial charge in [-0.3, -0.25) is 19.6 Å². The number of carbonyl (C=O) groups is 3. The van der Waals surface area contributed by atoms with Crippen molar-refractivity contribution in [2.75, 3.05) is 11.9 Å². The van der Waals surface area contributed by atoms with Crippen LogP contribution in [0.1, 0.15) is 34.0 Å². The van der Waals surface area contributed by atoms with E-state index in [-0.39, 0.29) is 18.0 Å². The lowest BCUT2D eigenvalue weighted by molar-refractivity contribution is -0.133. The summed E-state index contributed by atoms with van der Waals surface area (Å²) in [5, 5.41) is 27.6. The molecule has 0 saturated carbocycles. The smallest absolute Gasteiger partial charge is 0.268 e. The fourth-order valence-corrected chi connectivity index (χ4v) is 3.68. The van der Waals surface area contributed by atoms with Crippen LogP contribution in [0.15, 0.2) is 66.7 Å². The third-order valence-electron chi connectivity index (χ3n) is 5.43. The second kappa shape index (κ2) is 14.3. The SMILES string of the molecule is CC(O)C(NC(=O)c1ccc(C#Cc2ccc(NC(=O)CNCc3ccc(Cl)c(Cl)c3)cc2)cc1)C(=O)NO. The number of hydroxylamine groups is 1. The van der Waals surface area contributed by atoms with Gasteiger partial charge in [0.15, 0.2) is 0 Å². The van der Waals surface area contributed by atoms with Crippen molar-refractivity contribution in [3.63, 3.8) is 0 Å². The van der Waals surface area contributed by atoms with Crippen molar-refractivity contribution in [2.24, 2.45) is 0 Å². The highest BCUT2D eigenvalue weighted by Gasteiger charge is 2.25. The van der Waals surface area contributed by atoms with Crippen LogP contribution in [0.25, 0.3) is 0 Å². The van der Waals surface area contributed by atoms with E-state index in [4.69, 9.17) is 28.4 Å². The van der Waals surface area contributed by atoms with Crippen molar-refractivity contribution >= 4 is 46.6 Å². The van der Waals surface area contributed by atoms with Crippen molar-refractivity contribution in [1.82, 2.24) is 16.1 Å². The Bertz CT molecular complexity index is 1380. The summed E-state index contributed by atoms with van der Waals surface area (Å²) in [5.74, 6) is 4.28. The Hall–Kier alpha value is -3.91. The highest BCUT2D eigenvalue weighted by Crippen LogP contribution is 2.22. The average Bonchev–Trinajstić information content (AvgIpc) is 2.93. The zero-order chi connectivity index (χ0) is 28.4. The summed E-state index contributed by atoms with van der Waals surface area (Å²) in [6.07, 6.45) is -1.21. The average molecular weight is 569 g/mol. The van der Waals surface area contributed by atoms with Crippen LogP contribution < -0.4 is 21.4 Å². The van der Waals surface area contributed by atoms with Crippen molar-refractivity contribution in [1.29, 1.82) is 0 Å². The Labute approximate surface area is 235 Å². The molecule has 0 spiro atoms. The lowest BCUT2D eigenvalue weighted by atomic mass is 10.1. The molecule has 11 heteroatoms. The van der Waals surface area contributed by atoms with Crippen LogP contribution in [0.5, 0.6) is 0 Å². The normalized spacial score (nSPS) is 11.9. The highest BCUT2D eigenvalue weighted by atomic mass is 35.5. The molecule has 9 nitrogen and oxygen atoms in total. The maximum Gasteiger partial charge on any atom is 0.268 e. The maximum absolute atomic E-state index is 12.4. The fraction of sp³-hybridized carbons (Fsp3) is 0.179. The number of hydrogen-bond acceptors (Lipinski definition) is 6. The van der Waals surface area contributed by atoms with E-state index in [0.29, 0.717) is 27.8 Å². The minimum absolute atomic E-state index is 0.115. The second-order valence-electron chi connectivity index (χ2n) is 8.47. The Kier molecular flexibility index (Phi) is 10.9. The first kappa shape index (κ1) is 29.6. The summed E-state index contributed by atoms with van der Waals surface area (Å²) in [7, 11) is 0. The van der Waals surface area contributed by atoms with Gasteiger partial charge in [0.1, 0.15) is 6.04 Å². The molecule has 0 aliphatic rings. The molecular formula is C28H26Cl2N4O5. The summed E-state index contributed by atoms with van der Waals surface area (Å²) in [6, 6.07) is 17.4. The number of aliphatic hydroxyl groups excluding tert-OH is 1. The highest BCUT2D eigenvalue weighted by molar-refractivity contribution is 6.42. The summed E-state index contributed by atoms with van der Waals surface area (Å²) >= 11 is 11.9. The summed E-state index contributed by atoms with van der Waals surface area (Å²) < 4.78 is 0. The number of hydrogen-bond donors (Lipinski definition) is 6. The first-order chi connectivity index (χ1) is 18.7. The van der Waals surface area contributed by atoms with Gasteiger partial charge in [0.05, 0.1) is 22.7 Å². The third kappa shape index (κ3) is 9.11. The van der Waals surface area contributed by atoms with Gasteiger partial charge in [0, 0.05) is 28.9 Å². The molecule has 0 aliphatic heterocycles. The van der Waals surface area contributed by atoms with Crippen LogP contribution >= 0.6 is 23.2 Å². The molecule has 3 amide bonds. The van der Waals surface area contributed by atoms with Gasteiger partial charge >= 0.3 is 0 Å². The van der Waals surface area contributed by atoms with E-state index in [2.05, 4.69) is 27.8 Å². The Balaban J connectivity index is 1.50. The van der Waals surface area contributed by atoms with Gasteiger partial charge < -0.3 is 21.1 Å². The monoisotopic (exact) mass is 568 g/mol. The lowest BCUT2D eigenvalue weighted by Gasteiger charge is -2.19. The van der Waals surface area contributed by atoms with Crippen LogP contribution in [0.4, 0.5) is 5.69 Å². The lowest BCUT2D eigenvalue weighted by Crippen LogP contribution is -2.51. The molecule has 0 bridgehead atoms. The fourth-order valence-electron chi connectivity index (χ4n) is 3.36. The van der Waals surface area contributed by atoms with Crippen LogP contribution in [0.3, 0.4) is 0 Å². The Morgan fingerprint density at radius 3 is 2.08 bits per heavy atom. The molecule has 202 valence electrons. The predicted molar refractivity (Wildman–Crippen MR) is 149 cm³/mol. The standard InChI is InChI=1S/C28H26Cl2N4O5/c1-17(35)26(28(38)34-39)33-27(37)21-9-4-18(5-10-21)2-3-19-6-11-22(12-7-19)32-25(36)16-31-15-20-8-13-23(29)24(30)14-20/h4-14,17,26,31,35,39H,15-16H2,1H3,(H,32,36)(H,33,37)(H,34,38). The molecular weight excluding hydrogens is 543 g/mol. The molecule has 39 heavy (non-hydrogen) atoms. The third-order valence-corrected chi connectivity index (χ3v) is 6.17. The minimum atomic E-state index is -1.31. The molecule has 0 saturated heterocycles. The predicted octanol–water partition coefficient (Wildman–Crippen LogP) is 3.11. The number of rotatable bonds is 9. The zero-order valence-electron chi connectivity index (χ0n) is 20.8. The van der Waals surface area contributed by atoms with E-state index in [1.54, 1.807) is 48.5 Å². The number of aliphatic hydroxyl groups is 1. The molecule has 3 aromatic rings. The minimum Gasteiger partial charge on any atom is -0.391 e. The van der Waals surface area contributed by atoms with E-state index in [1.165, 1.54) is 24.5 Å². The number of nitrogens with one attached hydrogen (secondary N) is 4. The Morgan fingerprint density at radius 2 is 1.51 bits per heavy atom. The molecule has 3 rings (SSSR count). The molecule has 3 aromatic carbocycles. The van der Waals surface area contributed by atoms with E-state index in [1.807, 2.05) is 6.07 Å². The van der Waals surface area contributed by atoms with Crippen molar-refractivity contribution in [3.8, 4) is 11.8 Å². The largest absolute Gasteiger partial charge is 0.391 e. The van der Waals surface area contributed by atoms with Gasteiger partial charge in [-0.2, -0.15) is 0 Å². The van der Waals surface area contributed by atoms with Crippen LogP contribution in [-0.2, 0) is 16.1 Å². The molecule has 0 heterocycles. The van der Waals surface area contributed by atoms with E-state index >= 15 is 0 Å². The molecule has 2 unspecified atom stereocenters. The number of carbonyl (C=O) groups excluding carboxylic acids is 3. The van der Waals surface area contributed by atoms with Gasteiger partial charge in [0.2, 0.25) is 5.91 Å². The summed E-state index contributed by atoms with van der Waals surface area (Å²) in [4.78, 5) is 36.2. The van der Waals surface area contributed by atoms with Crippen LogP contribution in [0.2, 0.25) is 10.0 Å². The summed E-state index contributed by atoms with van der Waals surface area (Å²) in [5.41, 5.74) is 4.58. The summed E-state index contributed by atoms with van der Waals surface area (Å²) in [6.45, 7) is 1.90. The van der Waals surface area contributed by atoms with Gasteiger partial charge in [-0.25, -0.2) is 5.48 Å². The van der Waals surface area contributed by atoms with Gasteiger partial charge in [-0.15, -0.1) is 0 Å². The van der Waals surface area contributed by atoms with Crippen LogP contribution in [-0.4, -0.2) is 46.7 Å². The maximum atomic E-state index is 12.4. The van der Waals surface area contributed by atoms with E-state index in [9.17, 15) is 19.5 Å². The molecule has 0 aliphatic carbocycles. The van der Waals surface area contributed by atoms with Crippen LogP contribution in [0, 0.1) is 11.8 Å². The Morgan fingerprint density at radius 1 is 0.897 bits per heavy atom. The van der Waals surface area contributed by atoms with Crippen molar-refractivity contribution < 1.29 is 24.7 Å². The molecule has 0 radical (unpaired) electrons. The first-order valence-corrected chi connectivity index (χ1v) is 12.5. The van der Waals surface area contributed by atoms with E-state index < -0.39 is 24.0 Å². The number of anilines is 1.